The summed E-state index contributed by atoms with van der Waals surface area (Å²) < 4.78 is 5.34. The number of carbonyl (C=O) groups excluding carboxylic acids is 2. The largest absolute Gasteiger partial charge is 0.453 e. The molecule has 0 aromatic rings. The number of alkyl halides is 1. The highest BCUT2D eigenvalue weighted by Crippen LogP contribution is 2.18. The van der Waals surface area contributed by atoms with Gasteiger partial charge in [0.25, 0.3) is 0 Å². The van der Waals surface area contributed by atoms with Crippen LogP contribution in [0.2, 0.25) is 0 Å². The Kier molecular flexibility index (Phi) is 5.13. The quantitative estimate of drug-likeness (QED) is 0.616. The minimum Gasteiger partial charge on any atom is -0.453 e. The minimum atomic E-state index is -0.562. The van der Waals surface area contributed by atoms with Crippen LogP contribution in [0.4, 0.5) is 4.79 Å². The zero-order valence-corrected chi connectivity index (χ0v) is 10.8. The van der Waals surface area contributed by atoms with E-state index in [1.54, 1.807) is 0 Å². The number of ether oxygens (including phenoxy) is 1. The van der Waals surface area contributed by atoms with Crippen molar-refractivity contribution < 1.29 is 14.3 Å². The Balaban J connectivity index is 2.36. The normalized spacial score (nSPS) is 20.1. The highest BCUT2D eigenvalue weighted by Gasteiger charge is 2.27. The molecule has 0 saturated carbocycles. The van der Waals surface area contributed by atoms with Crippen molar-refractivity contribution in [1.29, 1.82) is 0 Å². The molecule has 5 nitrogen and oxygen atoms in total. The first-order valence-electron chi connectivity index (χ1n) is 4.86. The lowest BCUT2D eigenvalue weighted by atomic mass is 10.2. The average molecular weight is 326 g/mol. The molecule has 6 heteroatoms. The molecule has 2 amide bonds. The Labute approximate surface area is 103 Å². The molecule has 0 bridgehead atoms. The molecule has 1 heterocycles. The van der Waals surface area contributed by atoms with Gasteiger partial charge in [-0.2, -0.15) is 0 Å². The number of hydrogen-bond acceptors (Lipinski definition) is 3. The number of alkyl carbamates (subject to hydrolysis) is 1. The summed E-state index contributed by atoms with van der Waals surface area (Å²) >= 11 is 2.28. The molecular weight excluding hydrogens is 311 g/mol. The van der Waals surface area contributed by atoms with Crippen molar-refractivity contribution in [2.24, 2.45) is 0 Å². The highest BCUT2D eigenvalue weighted by molar-refractivity contribution is 14.1. The number of carbonyl (C=O) groups is 2. The van der Waals surface area contributed by atoms with Gasteiger partial charge in [-0.25, -0.2) is 4.79 Å². The number of amides is 2. The molecule has 86 valence electrons. The lowest BCUT2D eigenvalue weighted by Crippen LogP contribution is -2.43. The SMILES string of the molecule is COC(=O)NCC(=O)N1CCC[C@@H]1CI. The predicted molar refractivity (Wildman–Crippen MR) is 64.0 cm³/mol. The summed E-state index contributed by atoms with van der Waals surface area (Å²) in [4.78, 5) is 24.3. The third kappa shape index (κ3) is 3.51. The molecule has 0 aromatic carbocycles. The van der Waals surface area contributed by atoms with Crippen molar-refractivity contribution in [1.82, 2.24) is 10.2 Å². The van der Waals surface area contributed by atoms with Gasteiger partial charge in [0.2, 0.25) is 5.91 Å². The molecule has 0 aromatic heterocycles. The average Bonchev–Trinajstić information content (AvgIpc) is 2.73. The van der Waals surface area contributed by atoms with E-state index in [4.69, 9.17) is 0 Å². The third-order valence-electron chi connectivity index (χ3n) is 2.44. The maximum absolute atomic E-state index is 11.7. The van der Waals surface area contributed by atoms with Crippen LogP contribution in [0.25, 0.3) is 0 Å². The van der Waals surface area contributed by atoms with Crippen LogP contribution in [0.15, 0.2) is 0 Å². The van der Waals surface area contributed by atoms with Gasteiger partial charge in [0.15, 0.2) is 0 Å². The monoisotopic (exact) mass is 326 g/mol. The van der Waals surface area contributed by atoms with Crippen molar-refractivity contribution in [3.63, 3.8) is 0 Å². The number of nitrogens with zero attached hydrogens (tertiary/aromatic N) is 1. The summed E-state index contributed by atoms with van der Waals surface area (Å²) in [6.07, 6.45) is 1.55. The molecule has 1 fully saturated rings. The first-order valence-corrected chi connectivity index (χ1v) is 6.39. The number of rotatable bonds is 3. The van der Waals surface area contributed by atoms with Crippen molar-refractivity contribution in [2.75, 3.05) is 24.6 Å². The van der Waals surface area contributed by atoms with Gasteiger partial charge in [0.05, 0.1) is 7.11 Å². The van der Waals surface area contributed by atoms with E-state index in [0.717, 1.165) is 23.8 Å². The lowest BCUT2D eigenvalue weighted by Gasteiger charge is -2.22. The Hall–Kier alpha value is -0.530. The fraction of sp³-hybridized carbons (Fsp3) is 0.778. The maximum Gasteiger partial charge on any atom is 0.407 e. The van der Waals surface area contributed by atoms with Crippen LogP contribution in [0.1, 0.15) is 12.8 Å². The summed E-state index contributed by atoms with van der Waals surface area (Å²) in [7, 11) is 1.28. The number of nitrogens with one attached hydrogen (secondary N) is 1. The third-order valence-corrected chi connectivity index (χ3v) is 3.46. The van der Waals surface area contributed by atoms with Crippen LogP contribution in [0.3, 0.4) is 0 Å². The fourth-order valence-corrected chi connectivity index (χ4v) is 2.56. The van der Waals surface area contributed by atoms with E-state index >= 15 is 0 Å². The number of halogens is 1. The van der Waals surface area contributed by atoms with Crippen LogP contribution in [-0.2, 0) is 9.53 Å². The number of likely N-dealkylation sites (tertiary alicyclic amines) is 1. The van der Waals surface area contributed by atoms with Crippen LogP contribution in [-0.4, -0.2) is 47.6 Å². The molecular formula is C9H15IN2O3. The van der Waals surface area contributed by atoms with E-state index in [-0.39, 0.29) is 12.5 Å². The van der Waals surface area contributed by atoms with E-state index in [9.17, 15) is 9.59 Å². The van der Waals surface area contributed by atoms with Gasteiger partial charge in [0, 0.05) is 17.0 Å². The summed E-state index contributed by atoms with van der Waals surface area (Å²) in [5.74, 6) is -0.0282. The molecule has 0 spiro atoms. The van der Waals surface area contributed by atoms with Gasteiger partial charge >= 0.3 is 6.09 Å². The van der Waals surface area contributed by atoms with Crippen LogP contribution in [0.5, 0.6) is 0 Å². The number of hydrogen-bond donors (Lipinski definition) is 1. The second kappa shape index (κ2) is 6.14. The molecule has 0 radical (unpaired) electrons. The molecule has 1 aliphatic heterocycles. The van der Waals surface area contributed by atoms with E-state index in [2.05, 4.69) is 32.6 Å². The van der Waals surface area contributed by atoms with Gasteiger partial charge in [0.1, 0.15) is 6.54 Å². The first-order chi connectivity index (χ1) is 7.19. The first kappa shape index (κ1) is 12.5. The van der Waals surface area contributed by atoms with Gasteiger partial charge < -0.3 is 15.0 Å². The lowest BCUT2D eigenvalue weighted by molar-refractivity contribution is -0.130. The van der Waals surface area contributed by atoms with E-state index < -0.39 is 6.09 Å². The summed E-state index contributed by atoms with van der Waals surface area (Å²) in [6.45, 7) is 0.829. The standard InChI is InChI=1S/C9H15IN2O3/c1-15-9(14)11-6-8(13)12-4-2-3-7(12)5-10/h7H,2-6H2,1H3,(H,11,14)/t7-/m1/s1. The highest BCUT2D eigenvalue weighted by atomic mass is 127. The fourth-order valence-electron chi connectivity index (χ4n) is 1.65. The molecule has 1 atom stereocenters. The molecule has 0 unspecified atom stereocenters. The summed E-state index contributed by atoms with van der Waals surface area (Å²) in [5, 5.41) is 2.40. The molecule has 1 saturated heterocycles. The Morgan fingerprint density at radius 2 is 2.33 bits per heavy atom. The van der Waals surface area contributed by atoms with Gasteiger partial charge in [-0.3, -0.25) is 4.79 Å². The molecule has 15 heavy (non-hydrogen) atoms. The van der Waals surface area contributed by atoms with Crippen LogP contribution >= 0.6 is 22.6 Å². The minimum absolute atomic E-state index is 0.0276. The zero-order chi connectivity index (χ0) is 11.3. The number of methoxy groups -OCH3 is 1. The maximum atomic E-state index is 11.7. The van der Waals surface area contributed by atoms with Gasteiger partial charge in [-0.1, -0.05) is 22.6 Å². The second-order valence-corrected chi connectivity index (χ2v) is 4.26. The molecule has 1 rings (SSSR count). The second-order valence-electron chi connectivity index (χ2n) is 3.38. The summed E-state index contributed by atoms with van der Waals surface area (Å²) in [5.41, 5.74) is 0. The van der Waals surface area contributed by atoms with Gasteiger partial charge in [-0.15, -0.1) is 0 Å². The Morgan fingerprint density at radius 3 is 2.93 bits per heavy atom. The van der Waals surface area contributed by atoms with E-state index in [1.165, 1.54) is 7.11 Å². The van der Waals surface area contributed by atoms with Crippen molar-refractivity contribution >= 4 is 34.6 Å². The van der Waals surface area contributed by atoms with E-state index in [1.807, 2.05) is 4.90 Å². The van der Waals surface area contributed by atoms with Crippen molar-refractivity contribution in [3.05, 3.63) is 0 Å². The van der Waals surface area contributed by atoms with E-state index in [0.29, 0.717) is 6.04 Å². The molecule has 1 N–H and O–H groups in total. The van der Waals surface area contributed by atoms with Crippen molar-refractivity contribution in [2.45, 2.75) is 18.9 Å². The Morgan fingerprint density at radius 1 is 1.60 bits per heavy atom. The zero-order valence-electron chi connectivity index (χ0n) is 8.66. The van der Waals surface area contributed by atoms with Gasteiger partial charge in [-0.05, 0) is 12.8 Å². The Bertz CT molecular complexity index is 248. The summed E-state index contributed by atoms with van der Waals surface area (Å²) in [6, 6.07) is 0.331. The van der Waals surface area contributed by atoms with Crippen molar-refractivity contribution in [3.8, 4) is 0 Å². The van der Waals surface area contributed by atoms with Crippen LogP contribution < -0.4 is 5.32 Å². The molecule has 0 aliphatic carbocycles. The topological polar surface area (TPSA) is 58.6 Å². The smallest absolute Gasteiger partial charge is 0.407 e. The van der Waals surface area contributed by atoms with Crippen LogP contribution in [0, 0.1) is 0 Å². The molecule has 1 aliphatic rings. The predicted octanol–water partition coefficient (Wildman–Crippen LogP) is 0.768.